The molecule has 5 heteroatoms. The summed E-state index contributed by atoms with van der Waals surface area (Å²) in [5.41, 5.74) is 5.94. The van der Waals surface area contributed by atoms with E-state index in [1.807, 2.05) is 24.3 Å². The standard InChI is InChI=1S/C15H24N2O2.ClH/c1-12(16)13-7-8-17(11-13)9-10-19-15-5-3-14(18-2)4-6-15;/h3-6,12-13H,7-11,16H2,1-2H3;1H. The fraction of sp³-hybridized carbons (Fsp3) is 0.600. The molecule has 0 aliphatic carbocycles. The Morgan fingerprint density at radius 2 is 1.95 bits per heavy atom. The summed E-state index contributed by atoms with van der Waals surface area (Å²) < 4.78 is 10.8. The number of methoxy groups -OCH3 is 1. The van der Waals surface area contributed by atoms with E-state index >= 15 is 0 Å². The molecule has 20 heavy (non-hydrogen) atoms. The summed E-state index contributed by atoms with van der Waals surface area (Å²) >= 11 is 0. The fourth-order valence-electron chi connectivity index (χ4n) is 2.46. The van der Waals surface area contributed by atoms with Gasteiger partial charge in [0.15, 0.2) is 0 Å². The van der Waals surface area contributed by atoms with Crippen molar-refractivity contribution < 1.29 is 9.47 Å². The van der Waals surface area contributed by atoms with Crippen molar-refractivity contribution in [3.8, 4) is 11.5 Å². The molecule has 0 amide bonds. The highest BCUT2D eigenvalue weighted by Crippen LogP contribution is 2.19. The first kappa shape index (κ1) is 17.1. The zero-order valence-electron chi connectivity index (χ0n) is 12.2. The normalized spacial score (nSPS) is 20.2. The molecular weight excluding hydrogens is 276 g/mol. The van der Waals surface area contributed by atoms with Gasteiger partial charge in [-0.25, -0.2) is 0 Å². The predicted molar refractivity (Wildman–Crippen MR) is 83.9 cm³/mol. The van der Waals surface area contributed by atoms with Crippen LogP contribution in [0.1, 0.15) is 13.3 Å². The number of nitrogens with two attached hydrogens (primary N) is 1. The van der Waals surface area contributed by atoms with E-state index in [1.54, 1.807) is 7.11 Å². The first-order chi connectivity index (χ1) is 9.19. The van der Waals surface area contributed by atoms with Gasteiger partial charge < -0.3 is 15.2 Å². The molecule has 2 atom stereocenters. The minimum Gasteiger partial charge on any atom is -0.497 e. The monoisotopic (exact) mass is 300 g/mol. The summed E-state index contributed by atoms with van der Waals surface area (Å²) in [6.45, 7) is 6.02. The number of hydrogen-bond acceptors (Lipinski definition) is 4. The molecule has 0 bridgehead atoms. The third-order valence-electron chi connectivity index (χ3n) is 3.79. The second-order valence-corrected chi connectivity index (χ2v) is 5.23. The van der Waals surface area contributed by atoms with Gasteiger partial charge in [0.2, 0.25) is 0 Å². The molecule has 1 aliphatic heterocycles. The molecule has 2 N–H and O–H groups in total. The Kier molecular flexibility index (Phi) is 7.13. The molecule has 0 aromatic heterocycles. The van der Waals surface area contributed by atoms with Crippen molar-refractivity contribution in [1.82, 2.24) is 4.90 Å². The first-order valence-corrected chi connectivity index (χ1v) is 6.94. The lowest BCUT2D eigenvalue weighted by Crippen LogP contribution is -2.31. The van der Waals surface area contributed by atoms with Gasteiger partial charge in [-0.15, -0.1) is 12.4 Å². The number of benzene rings is 1. The van der Waals surface area contributed by atoms with Crippen molar-refractivity contribution in [3.63, 3.8) is 0 Å². The Morgan fingerprint density at radius 1 is 1.30 bits per heavy atom. The van der Waals surface area contributed by atoms with Crippen LogP contribution in [0.3, 0.4) is 0 Å². The summed E-state index contributed by atoms with van der Waals surface area (Å²) in [5, 5.41) is 0. The summed E-state index contributed by atoms with van der Waals surface area (Å²) in [5.74, 6) is 2.39. The molecule has 0 spiro atoms. The topological polar surface area (TPSA) is 47.7 Å². The van der Waals surface area contributed by atoms with Crippen LogP contribution in [-0.4, -0.2) is 44.3 Å². The number of ether oxygens (including phenoxy) is 2. The van der Waals surface area contributed by atoms with E-state index in [4.69, 9.17) is 15.2 Å². The zero-order valence-corrected chi connectivity index (χ0v) is 13.1. The Balaban J connectivity index is 0.00000200. The molecule has 1 aromatic rings. The van der Waals surface area contributed by atoms with Crippen molar-refractivity contribution in [2.24, 2.45) is 11.7 Å². The van der Waals surface area contributed by atoms with Gasteiger partial charge in [-0.2, -0.15) is 0 Å². The molecule has 0 saturated carbocycles. The van der Waals surface area contributed by atoms with E-state index in [-0.39, 0.29) is 12.4 Å². The minimum absolute atomic E-state index is 0. The maximum atomic E-state index is 5.94. The van der Waals surface area contributed by atoms with E-state index < -0.39 is 0 Å². The number of likely N-dealkylation sites (tertiary alicyclic amines) is 1. The molecular formula is C15H25ClN2O2. The van der Waals surface area contributed by atoms with Crippen LogP contribution in [0.4, 0.5) is 0 Å². The van der Waals surface area contributed by atoms with Crippen LogP contribution < -0.4 is 15.2 Å². The molecule has 2 unspecified atom stereocenters. The predicted octanol–water partition coefficient (Wildman–Crippen LogP) is 2.16. The molecule has 1 aromatic carbocycles. The highest BCUT2D eigenvalue weighted by Gasteiger charge is 2.24. The number of nitrogens with zero attached hydrogens (tertiary/aromatic N) is 1. The third-order valence-corrected chi connectivity index (χ3v) is 3.79. The Labute approximate surface area is 127 Å². The largest absolute Gasteiger partial charge is 0.497 e. The highest BCUT2D eigenvalue weighted by atomic mass is 35.5. The van der Waals surface area contributed by atoms with Crippen molar-refractivity contribution in [3.05, 3.63) is 24.3 Å². The lowest BCUT2D eigenvalue weighted by molar-refractivity contribution is 0.230. The van der Waals surface area contributed by atoms with Crippen LogP contribution >= 0.6 is 12.4 Å². The second-order valence-electron chi connectivity index (χ2n) is 5.23. The fourth-order valence-corrected chi connectivity index (χ4v) is 2.46. The molecule has 4 nitrogen and oxygen atoms in total. The van der Waals surface area contributed by atoms with Gasteiger partial charge >= 0.3 is 0 Å². The second kappa shape index (κ2) is 8.35. The first-order valence-electron chi connectivity index (χ1n) is 6.94. The van der Waals surface area contributed by atoms with Crippen LogP contribution in [0.2, 0.25) is 0 Å². The Bertz CT molecular complexity index is 384. The van der Waals surface area contributed by atoms with Crippen LogP contribution in [0.15, 0.2) is 24.3 Å². The average molecular weight is 301 g/mol. The molecule has 114 valence electrons. The number of halogens is 1. The van der Waals surface area contributed by atoms with Crippen LogP contribution in [0, 0.1) is 5.92 Å². The van der Waals surface area contributed by atoms with Gasteiger partial charge in [0.1, 0.15) is 18.1 Å². The van der Waals surface area contributed by atoms with Gasteiger partial charge in [0.25, 0.3) is 0 Å². The number of hydrogen-bond donors (Lipinski definition) is 1. The lowest BCUT2D eigenvalue weighted by Gasteiger charge is -2.18. The molecule has 0 radical (unpaired) electrons. The quantitative estimate of drug-likeness (QED) is 0.875. The maximum Gasteiger partial charge on any atom is 0.119 e. The minimum atomic E-state index is 0. The van der Waals surface area contributed by atoms with Crippen LogP contribution in [0.25, 0.3) is 0 Å². The lowest BCUT2D eigenvalue weighted by atomic mass is 10.0. The van der Waals surface area contributed by atoms with Gasteiger partial charge in [0, 0.05) is 19.1 Å². The molecule has 1 fully saturated rings. The van der Waals surface area contributed by atoms with Crippen molar-refractivity contribution in [2.45, 2.75) is 19.4 Å². The van der Waals surface area contributed by atoms with Crippen molar-refractivity contribution in [1.29, 1.82) is 0 Å². The highest BCUT2D eigenvalue weighted by molar-refractivity contribution is 5.85. The average Bonchev–Trinajstić information content (AvgIpc) is 2.89. The number of rotatable bonds is 6. The summed E-state index contributed by atoms with van der Waals surface area (Å²) in [6, 6.07) is 8.00. The van der Waals surface area contributed by atoms with Crippen LogP contribution in [0.5, 0.6) is 11.5 Å². The summed E-state index contributed by atoms with van der Waals surface area (Å²) in [4.78, 5) is 2.43. The van der Waals surface area contributed by atoms with E-state index in [2.05, 4.69) is 11.8 Å². The van der Waals surface area contributed by atoms with Crippen LogP contribution in [-0.2, 0) is 0 Å². The SMILES string of the molecule is COc1ccc(OCCN2CCC(C(C)N)C2)cc1.Cl. The van der Waals surface area contributed by atoms with Gasteiger partial charge in [-0.3, -0.25) is 4.90 Å². The smallest absolute Gasteiger partial charge is 0.119 e. The van der Waals surface area contributed by atoms with Gasteiger partial charge in [-0.1, -0.05) is 0 Å². The molecule has 1 aliphatic rings. The van der Waals surface area contributed by atoms with Gasteiger partial charge in [0.05, 0.1) is 7.11 Å². The Hall–Kier alpha value is -0.970. The van der Waals surface area contributed by atoms with Crippen molar-refractivity contribution >= 4 is 12.4 Å². The maximum absolute atomic E-state index is 5.94. The summed E-state index contributed by atoms with van der Waals surface area (Å²) in [7, 11) is 1.66. The molecule has 1 saturated heterocycles. The van der Waals surface area contributed by atoms with E-state index in [0.717, 1.165) is 37.7 Å². The summed E-state index contributed by atoms with van der Waals surface area (Å²) in [6.07, 6.45) is 1.21. The van der Waals surface area contributed by atoms with Gasteiger partial charge in [-0.05, 0) is 50.1 Å². The molecule has 1 heterocycles. The van der Waals surface area contributed by atoms with E-state index in [0.29, 0.717) is 12.0 Å². The zero-order chi connectivity index (χ0) is 13.7. The third kappa shape index (κ3) is 4.85. The van der Waals surface area contributed by atoms with E-state index in [1.165, 1.54) is 6.42 Å². The molecule has 2 rings (SSSR count). The van der Waals surface area contributed by atoms with Crippen molar-refractivity contribution in [2.75, 3.05) is 33.4 Å². The van der Waals surface area contributed by atoms with E-state index in [9.17, 15) is 0 Å². The Morgan fingerprint density at radius 3 is 2.50 bits per heavy atom.